The van der Waals surface area contributed by atoms with Crippen molar-refractivity contribution in [2.24, 2.45) is 0 Å². The Bertz CT molecular complexity index is 308. The molecule has 1 aromatic carbocycles. The van der Waals surface area contributed by atoms with E-state index >= 15 is 0 Å². The van der Waals surface area contributed by atoms with Crippen LogP contribution in [0.4, 0.5) is 0 Å². The molecule has 14 heavy (non-hydrogen) atoms. The molecule has 0 radical (unpaired) electrons. The van der Waals surface area contributed by atoms with Gasteiger partial charge in [-0.05, 0) is 12.1 Å². The fraction of sp³-hybridized carbons (Fsp3) is 0.333. The van der Waals surface area contributed by atoms with Crippen LogP contribution in [0, 0.1) is 0 Å². The molecule has 1 aromatic rings. The van der Waals surface area contributed by atoms with Crippen LogP contribution in [0.15, 0.2) is 16.6 Å². The van der Waals surface area contributed by atoms with Gasteiger partial charge >= 0.3 is 0 Å². The van der Waals surface area contributed by atoms with Crippen molar-refractivity contribution in [1.82, 2.24) is 0 Å². The molecular formula is C9H9BrCl2O2. The molecule has 5 heteroatoms. The topological polar surface area (TPSA) is 40.5 Å². The lowest BCUT2D eigenvalue weighted by Crippen LogP contribution is -2.02. The van der Waals surface area contributed by atoms with Gasteiger partial charge in [0, 0.05) is 33.1 Å². The predicted octanol–water partition coefficient (Wildman–Crippen LogP) is 3.17. The molecule has 0 saturated carbocycles. The maximum atomic E-state index is 9.63. The van der Waals surface area contributed by atoms with Crippen molar-refractivity contribution in [3.8, 4) is 0 Å². The van der Waals surface area contributed by atoms with Crippen LogP contribution in [0.2, 0.25) is 10.0 Å². The third-order valence-corrected chi connectivity index (χ3v) is 2.86. The molecule has 0 heterocycles. The second-order valence-electron chi connectivity index (χ2n) is 2.81. The molecule has 0 aromatic heterocycles. The second-order valence-corrected chi connectivity index (χ2v) is 4.54. The minimum Gasteiger partial charge on any atom is -0.396 e. The summed E-state index contributed by atoms with van der Waals surface area (Å²) in [5.74, 6) is 0. The van der Waals surface area contributed by atoms with Crippen molar-refractivity contribution in [3.63, 3.8) is 0 Å². The quantitative estimate of drug-likeness (QED) is 0.900. The first kappa shape index (κ1) is 12.3. The lowest BCUT2D eigenvalue weighted by atomic mass is 10.1. The normalized spacial score (nSPS) is 12.9. The van der Waals surface area contributed by atoms with Crippen LogP contribution in [0.25, 0.3) is 0 Å². The Labute approximate surface area is 101 Å². The van der Waals surface area contributed by atoms with Gasteiger partial charge in [0.1, 0.15) is 0 Å². The molecule has 0 amide bonds. The van der Waals surface area contributed by atoms with Crippen LogP contribution in [-0.4, -0.2) is 16.8 Å². The zero-order valence-corrected chi connectivity index (χ0v) is 10.3. The highest BCUT2D eigenvalue weighted by Crippen LogP contribution is 2.34. The number of rotatable bonds is 3. The highest BCUT2D eigenvalue weighted by atomic mass is 79.9. The molecule has 2 N–H and O–H groups in total. The van der Waals surface area contributed by atoms with Gasteiger partial charge in [0.15, 0.2) is 0 Å². The van der Waals surface area contributed by atoms with Crippen molar-refractivity contribution in [2.45, 2.75) is 12.5 Å². The molecule has 0 spiro atoms. The SMILES string of the molecule is OCCC(O)c1c(Cl)cc(Br)cc1Cl. The van der Waals surface area contributed by atoms with Gasteiger partial charge in [-0.3, -0.25) is 0 Å². The van der Waals surface area contributed by atoms with E-state index in [1.807, 2.05) is 0 Å². The van der Waals surface area contributed by atoms with E-state index in [4.69, 9.17) is 28.3 Å². The first-order chi connectivity index (χ1) is 6.56. The van der Waals surface area contributed by atoms with E-state index in [0.29, 0.717) is 15.6 Å². The summed E-state index contributed by atoms with van der Waals surface area (Å²) in [5, 5.41) is 19.1. The Hall–Kier alpha value is 0.200. The van der Waals surface area contributed by atoms with Crippen LogP contribution in [0.1, 0.15) is 18.1 Å². The largest absolute Gasteiger partial charge is 0.396 e. The summed E-state index contributed by atoms with van der Waals surface area (Å²) in [6.45, 7) is -0.107. The zero-order valence-electron chi connectivity index (χ0n) is 7.17. The molecular weight excluding hydrogens is 291 g/mol. The van der Waals surface area contributed by atoms with Crippen LogP contribution >= 0.6 is 39.1 Å². The van der Waals surface area contributed by atoms with Gasteiger partial charge in [-0.2, -0.15) is 0 Å². The van der Waals surface area contributed by atoms with Gasteiger partial charge < -0.3 is 10.2 Å². The molecule has 0 bridgehead atoms. The van der Waals surface area contributed by atoms with Crippen LogP contribution in [-0.2, 0) is 0 Å². The highest BCUT2D eigenvalue weighted by Gasteiger charge is 2.15. The summed E-state index contributed by atoms with van der Waals surface area (Å²) in [4.78, 5) is 0. The number of benzene rings is 1. The molecule has 1 rings (SSSR count). The molecule has 1 atom stereocenters. The fourth-order valence-corrected chi connectivity index (χ4v) is 2.60. The minimum atomic E-state index is -0.826. The summed E-state index contributed by atoms with van der Waals surface area (Å²) in [7, 11) is 0. The Morgan fingerprint density at radius 1 is 1.29 bits per heavy atom. The van der Waals surface area contributed by atoms with Gasteiger partial charge in [0.25, 0.3) is 0 Å². The molecule has 0 fully saturated rings. The maximum Gasteiger partial charge on any atom is 0.0840 e. The molecule has 0 aliphatic rings. The van der Waals surface area contributed by atoms with E-state index in [1.165, 1.54) is 0 Å². The molecule has 0 aliphatic heterocycles. The average molecular weight is 300 g/mol. The number of aliphatic hydroxyl groups is 2. The van der Waals surface area contributed by atoms with Crippen LogP contribution in [0.3, 0.4) is 0 Å². The second kappa shape index (κ2) is 5.33. The average Bonchev–Trinajstić information content (AvgIpc) is 2.01. The fourth-order valence-electron chi connectivity index (χ4n) is 1.14. The third kappa shape index (κ3) is 2.84. The van der Waals surface area contributed by atoms with E-state index in [-0.39, 0.29) is 13.0 Å². The van der Waals surface area contributed by atoms with Crippen molar-refractivity contribution in [3.05, 3.63) is 32.2 Å². The van der Waals surface area contributed by atoms with Crippen LogP contribution < -0.4 is 0 Å². The Kier molecular flexibility index (Phi) is 4.67. The van der Waals surface area contributed by atoms with Gasteiger partial charge in [-0.25, -0.2) is 0 Å². The van der Waals surface area contributed by atoms with Gasteiger partial charge in [-0.15, -0.1) is 0 Å². The van der Waals surface area contributed by atoms with E-state index in [0.717, 1.165) is 4.47 Å². The summed E-state index contributed by atoms with van der Waals surface area (Å²) in [5.41, 5.74) is 0.464. The molecule has 0 saturated heterocycles. The van der Waals surface area contributed by atoms with Crippen molar-refractivity contribution < 1.29 is 10.2 Å². The number of halogens is 3. The third-order valence-electron chi connectivity index (χ3n) is 1.78. The summed E-state index contributed by atoms with van der Waals surface area (Å²) in [6, 6.07) is 3.31. The van der Waals surface area contributed by atoms with Gasteiger partial charge in [-0.1, -0.05) is 39.1 Å². The Morgan fingerprint density at radius 2 is 1.79 bits per heavy atom. The first-order valence-electron chi connectivity index (χ1n) is 3.99. The zero-order chi connectivity index (χ0) is 10.7. The monoisotopic (exact) mass is 298 g/mol. The predicted molar refractivity (Wildman–Crippen MR) is 60.8 cm³/mol. The molecule has 2 nitrogen and oxygen atoms in total. The van der Waals surface area contributed by atoms with Crippen molar-refractivity contribution >= 4 is 39.1 Å². The lowest BCUT2D eigenvalue weighted by molar-refractivity contribution is 0.134. The smallest absolute Gasteiger partial charge is 0.0840 e. The van der Waals surface area contributed by atoms with Crippen molar-refractivity contribution in [2.75, 3.05) is 6.61 Å². The maximum absolute atomic E-state index is 9.63. The van der Waals surface area contributed by atoms with E-state index < -0.39 is 6.10 Å². The lowest BCUT2D eigenvalue weighted by Gasteiger charge is -2.13. The summed E-state index contributed by atoms with van der Waals surface area (Å²) >= 11 is 15.1. The number of hydrogen-bond acceptors (Lipinski definition) is 2. The number of aliphatic hydroxyl groups excluding tert-OH is 2. The molecule has 1 unspecified atom stereocenters. The van der Waals surface area contributed by atoms with Crippen LogP contribution in [0.5, 0.6) is 0 Å². The number of hydrogen-bond donors (Lipinski definition) is 2. The van der Waals surface area contributed by atoms with Gasteiger partial charge in [0.05, 0.1) is 6.10 Å². The first-order valence-corrected chi connectivity index (χ1v) is 5.54. The standard InChI is InChI=1S/C9H9BrCl2O2/c10-5-3-6(11)9(7(12)4-5)8(14)1-2-13/h3-4,8,13-14H,1-2H2. The van der Waals surface area contributed by atoms with Crippen molar-refractivity contribution in [1.29, 1.82) is 0 Å². The van der Waals surface area contributed by atoms with E-state index in [2.05, 4.69) is 15.9 Å². The van der Waals surface area contributed by atoms with E-state index in [1.54, 1.807) is 12.1 Å². The Balaban J connectivity index is 3.07. The summed E-state index contributed by atoms with van der Waals surface area (Å²) in [6.07, 6.45) is -0.603. The summed E-state index contributed by atoms with van der Waals surface area (Å²) < 4.78 is 0.757. The van der Waals surface area contributed by atoms with Gasteiger partial charge in [0.2, 0.25) is 0 Å². The van der Waals surface area contributed by atoms with E-state index in [9.17, 15) is 5.11 Å². The molecule has 0 aliphatic carbocycles. The Morgan fingerprint density at radius 3 is 2.21 bits per heavy atom. The highest BCUT2D eigenvalue weighted by molar-refractivity contribution is 9.10. The molecule has 78 valence electrons. The minimum absolute atomic E-state index is 0.107.